The number of rotatable bonds is 8. The Bertz CT molecular complexity index is 1170. The Morgan fingerprint density at radius 1 is 1.00 bits per heavy atom. The fourth-order valence-corrected chi connectivity index (χ4v) is 4.37. The van der Waals surface area contributed by atoms with Crippen LogP contribution in [-0.4, -0.2) is 23.8 Å². The fraction of sp³-hybridized carbons (Fsp3) is 0.240. The van der Waals surface area contributed by atoms with Gasteiger partial charge < -0.3 is 10.4 Å². The zero-order valence-electron chi connectivity index (χ0n) is 18.0. The summed E-state index contributed by atoms with van der Waals surface area (Å²) in [7, 11) is 0. The molecule has 2 N–H and O–H groups in total. The summed E-state index contributed by atoms with van der Waals surface area (Å²) in [6, 6.07) is 16.2. The Labute approximate surface area is 210 Å². The average molecular weight is 531 g/mol. The van der Waals surface area contributed by atoms with Gasteiger partial charge >= 0.3 is 12.1 Å². The topological polar surface area (TPSA) is 49.3 Å². The number of carboxylic acid groups (broad SMARTS) is 1. The summed E-state index contributed by atoms with van der Waals surface area (Å²) >= 11 is 18.6. The Morgan fingerprint density at radius 2 is 1.68 bits per heavy atom. The number of carboxylic acids is 1. The second-order valence-corrected chi connectivity index (χ2v) is 9.16. The highest BCUT2D eigenvalue weighted by molar-refractivity contribution is 6.34. The first kappa shape index (κ1) is 26.2. The maximum atomic E-state index is 13.6. The third-order valence-electron chi connectivity index (χ3n) is 5.63. The van der Waals surface area contributed by atoms with Gasteiger partial charge in [-0.15, -0.1) is 0 Å². The van der Waals surface area contributed by atoms with E-state index in [1.54, 1.807) is 60.7 Å². The molecule has 0 radical (unpaired) electrons. The van der Waals surface area contributed by atoms with Crippen LogP contribution >= 0.6 is 34.8 Å². The van der Waals surface area contributed by atoms with Gasteiger partial charge in [-0.3, -0.25) is 4.79 Å². The van der Waals surface area contributed by atoms with Crippen LogP contribution in [0.1, 0.15) is 24.0 Å². The highest BCUT2D eigenvalue weighted by atomic mass is 35.5. The van der Waals surface area contributed by atoms with E-state index < -0.39 is 24.0 Å². The van der Waals surface area contributed by atoms with E-state index in [0.29, 0.717) is 43.0 Å². The van der Waals surface area contributed by atoms with Crippen molar-refractivity contribution in [2.75, 3.05) is 11.9 Å². The Morgan fingerprint density at radius 3 is 2.29 bits per heavy atom. The molecule has 0 bridgehead atoms. The highest BCUT2D eigenvalue weighted by Gasteiger charge is 2.41. The van der Waals surface area contributed by atoms with Crippen LogP contribution in [0.25, 0.3) is 11.1 Å². The lowest BCUT2D eigenvalue weighted by atomic mass is 9.86. The van der Waals surface area contributed by atoms with E-state index in [1.165, 1.54) is 0 Å². The monoisotopic (exact) mass is 529 g/mol. The zero-order chi connectivity index (χ0) is 25.0. The van der Waals surface area contributed by atoms with Crippen LogP contribution in [0.5, 0.6) is 0 Å². The van der Waals surface area contributed by atoms with Gasteiger partial charge in [0.1, 0.15) is 0 Å². The van der Waals surface area contributed by atoms with Crippen LogP contribution in [0.4, 0.5) is 18.9 Å². The quantitative estimate of drug-likeness (QED) is 0.308. The summed E-state index contributed by atoms with van der Waals surface area (Å²) in [4.78, 5) is 11.3. The van der Waals surface area contributed by atoms with Crippen molar-refractivity contribution in [1.29, 1.82) is 0 Å². The first-order valence-electron chi connectivity index (χ1n) is 10.3. The SMILES string of the molecule is C[C@H]([C@H](CNc1cc(-c2c(Cl)cccc2CC(=O)O)ccc1Cl)c1ccc(Cl)cc1)C(F)(F)F. The molecule has 3 aromatic rings. The van der Waals surface area contributed by atoms with Crippen LogP contribution in [0.2, 0.25) is 15.1 Å². The van der Waals surface area contributed by atoms with Crippen molar-refractivity contribution >= 4 is 46.5 Å². The average Bonchev–Trinajstić information content (AvgIpc) is 2.75. The second kappa shape index (κ2) is 10.9. The van der Waals surface area contributed by atoms with Gasteiger partial charge in [0.25, 0.3) is 0 Å². The van der Waals surface area contributed by atoms with Gasteiger partial charge in [0, 0.05) is 28.1 Å². The molecule has 0 saturated heterocycles. The van der Waals surface area contributed by atoms with Gasteiger partial charge in [-0.05, 0) is 47.0 Å². The number of benzene rings is 3. The number of hydrogen-bond acceptors (Lipinski definition) is 2. The van der Waals surface area contributed by atoms with Crippen molar-refractivity contribution in [3.05, 3.63) is 86.9 Å². The molecule has 0 heterocycles. The van der Waals surface area contributed by atoms with Crippen LogP contribution in [-0.2, 0) is 11.2 Å². The normalized spacial score (nSPS) is 13.4. The predicted octanol–water partition coefficient (Wildman–Crippen LogP) is 8.34. The Kier molecular flexibility index (Phi) is 8.39. The van der Waals surface area contributed by atoms with E-state index in [9.17, 15) is 23.1 Å². The second-order valence-electron chi connectivity index (χ2n) is 7.91. The van der Waals surface area contributed by atoms with Crippen molar-refractivity contribution in [3.8, 4) is 11.1 Å². The molecule has 180 valence electrons. The van der Waals surface area contributed by atoms with E-state index in [0.717, 1.165) is 6.92 Å². The molecular formula is C25H21Cl3F3NO2. The molecule has 0 saturated carbocycles. The van der Waals surface area contributed by atoms with Crippen molar-refractivity contribution in [2.45, 2.75) is 25.4 Å². The minimum absolute atomic E-state index is 0.0456. The minimum atomic E-state index is -4.40. The molecule has 3 rings (SSSR count). The van der Waals surface area contributed by atoms with Crippen molar-refractivity contribution in [1.82, 2.24) is 0 Å². The van der Waals surface area contributed by atoms with Gasteiger partial charge in [0.2, 0.25) is 0 Å². The number of halogens is 6. The smallest absolute Gasteiger partial charge is 0.392 e. The fourth-order valence-electron chi connectivity index (χ4n) is 3.76. The minimum Gasteiger partial charge on any atom is -0.481 e. The molecular weight excluding hydrogens is 510 g/mol. The molecule has 0 aliphatic heterocycles. The van der Waals surface area contributed by atoms with E-state index in [1.807, 2.05) is 0 Å². The van der Waals surface area contributed by atoms with E-state index in [2.05, 4.69) is 5.32 Å². The molecule has 0 amide bonds. The van der Waals surface area contributed by atoms with Crippen molar-refractivity contribution in [3.63, 3.8) is 0 Å². The standard InChI is InChI=1S/C25H21Cl3F3NO2/c1-14(25(29,30)31)19(15-5-8-18(26)9-6-15)13-32-22-11-17(7-10-20(22)27)24-16(12-23(33)34)3-2-4-21(24)28/h2-11,14,19,32H,12-13H2,1H3,(H,33,34)/t14-,19+/m1/s1. The number of nitrogens with one attached hydrogen (secondary N) is 1. The molecule has 0 unspecified atom stereocenters. The Hall–Kier alpha value is -2.41. The maximum absolute atomic E-state index is 13.6. The van der Waals surface area contributed by atoms with E-state index >= 15 is 0 Å². The lowest BCUT2D eigenvalue weighted by molar-refractivity contribution is -0.174. The molecule has 34 heavy (non-hydrogen) atoms. The molecule has 2 atom stereocenters. The first-order valence-corrected chi connectivity index (χ1v) is 11.5. The van der Waals surface area contributed by atoms with Crippen LogP contribution in [0.3, 0.4) is 0 Å². The molecule has 0 fully saturated rings. The van der Waals surface area contributed by atoms with Gasteiger partial charge in [0.15, 0.2) is 0 Å². The van der Waals surface area contributed by atoms with Crippen molar-refractivity contribution < 1.29 is 23.1 Å². The summed E-state index contributed by atoms with van der Waals surface area (Å²) in [5, 5.41) is 13.4. The number of carbonyl (C=O) groups is 1. The van der Waals surface area contributed by atoms with Gasteiger partial charge in [-0.1, -0.05) is 72.1 Å². The zero-order valence-corrected chi connectivity index (χ0v) is 20.2. The number of alkyl halides is 3. The number of hydrogen-bond donors (Lipinski definition) is 2. The molecule has 0 aliphatic rings. The van der Waals surface area contributed by atoms with E-state index in [-0.39, 0.29) is 13.0 Å². The Balaban J connectivity index is 1.95. The van der Waals surface area contributed by atoms with E-state index in [4.69, 9.17) is 34.8 Å². The predicted molar refractivity (Wildman–Crippen MR) is 131 cm³/mol. The third-order valence-corrected chi connectivity index (χ3v) is 6.52. The molecule has 0 aliphatic carbocycles. The van der Waals surface area contributed by atoms with Crippen molar-refractivity contribution in [2.24, 2.45) is 5.92 Å². The summed E-state index contributed by atoms with van der Waals surface area (Å²) < 4.78 is 40.8. The van der Waals surface area contributed by atoms with Gasteiger partial charge in [-0.2, -0.15) is 13.2 Å². The largest absolute Gasteiger partial charge is 0.481 e. The molecule has 0 spiro atoms. The summed E-state index contributed by atoms with van der Waals surface area (Å²) in [5.41, 5.74) is 2.54. The summed E-state index contributed by atoms with van der Waals surface area (Å²) in [6.45, 7) is 1.09. The lowest BCUT2D eigenvalue weighted by Gasteiger charge is -2.27. The van der Waals surface area contributed by atoms with Crippen LogP contribution < -0.4 is 5.32 Å². The highest BCUT2D eigenvalue weighted by Crippen LogP contribution is 2.39. The number of aliphatic carboxylic acids is 1. The maximum Gasteiger partial charge on any atom is 0.392 e. The molecule has 3 aromatic carbocycles. The first-order chi connectivity index (χ1) is 16.0. The lowest BCUT2D eigenvalue weighted by Crippen LogP contribution is -2.30. The molecule has 9 heteroatoms. The number of anilines is 1. The van der Waals surface area contributed by atoms with Gasteiger partial charge in [0.05, 0.1) is 23.0 Å². The molecule has 3 nitrogen and oxygen atoms in total. The van der Waals surface area contributed by atoms with Gasteiger partial charge in [-0.25, -0.2) is 0 Å². The van der Waals surface area contributed by atoms with Crippen LogP contribution in [0, 0.1) is 5.92 Å². The molecule has 0 aromatic heterocycles. The third kappa shape index (κ3) is 6.38. The summed E-state index contributed by atoms with van der Waals surface area (Å²) in [6.07, 6.45) is -4.63. The van der Waals surface area contributed by atoms with Crippen LogP contribution in [0.15, 0.2) is 60.7 Å². The summed E-state index contributed by atoms with van der Waals surface area (Å²) in [5.74, 6) is -3.54.